The highest BCUT2D eigenvalue weighted by atomic mass is 16.5. The van der Waals surface area contributed by atoms with Gasteiger partial charge in [0.1, 0.15) is 11.9 Å². The molecule has 1 aromatic carbocycles. The molecule has 1 unspecified atom stereocenters. The molecule has 1 aromatic rings. The summed E-state index contributed by atoms with van der Waals surface area (Å²) in [7, 11) is 0. The van der Waals surface area contributed by atoms with E-state index in [2.05, 4.69) is 0 Å². The summed E-state index contributed by atoms with van der Waals surface area (Å²) < 4.78 is 5.74. The number of hydrogen-bond acceptors (Lipinski definition) is 2. The van der Waals surface area contributed by atoms with Crippen LogP contribution in [0.25, 0.3) is 0 Å². The van der Waals surface area contributed by atoms with Gasteiger partial charge in [0.2, 0.25) is 0 Å². The largest absolute Gasteiger partial charge is 0.490 e. The smallest absolute Gasteiger partial charge is 0.314 e. The topological polar surface area (TPSA) is 46.5 Å². The minimum Gasteiger partial charge on any atom is -0.490 e. The van der Waals surface area contributed by atoms with Crippen LogP contribution in [0.5, 0.6) is 5.75 Å². The first-order valence-electron chi connectivity index (χ1n) is 6.66. The second-order valence-electron chi connectivity index (χ2n) is 5.51. The average Bonchev–Trinajstić information content (AvgIpc) is 2.93. The van der Waals surface area contributed by atoms with E-state index in [0.29, 0.717) is 0 Å². The maximum absolute atomic E-state index is 11.8. The van der Waals surface area contributed by atoms with Crippen LogP contribution in [0, 0.1) is 0 Å². The summed E-state index contributed by atoms with van der Waals surface area (Å²) in [6, 6.07) is 5.86. The van der Waals surface area contributed by atoms with Crippen molar-refractivity contribution in [2.75, 3.05) is 0 Å². The number of aliphatic carboxylic acids is 1. The average molecular weight is 246 g/mol. The highest BCUT2D eigenvalue weighted by molar-refractivity contribution is 5.83. The van der Waals surface area contributed by atoms with Crippen molar-refractivity contribution >= 4 is 5.97 Å². The van der Waals surface area contributed by atoms with Gasteiger partial charge >= 0.3 is 5.97 Å². The molecule has 18 heavy (non-hydrogen) atoms. The van der Waals surface area contributed by atoms with Gasteiger partial charge in [-0.2, -0.15) is 0 Å². The van der Waals surface area contributed by atoms with Crippen molar-refractivity contribution in [1.82, 2.24) is 0 Å². The number of rotatable bonds is 2. The van der Waals surface area contributed by atoms with Crippen molar-refractivity contribution in [3.05, 3.63) is 29.3 Å². The molecule has 1 N–H and O–H groups in total. The predicted molar refractivity (Wildman–Crippen MR) is 68.0 cm³/mol. The molecule has 1 aliphatic heterocycles. The molecule has 3 rings (SSSR count). The fourth-order valence-electron chi connectivity index (χ4n) is 3.46. The van der Waals surface area contributed by atoms with E-state index in [1.165, 1.54) is 0 Å². The molecule has 0 saturated heterocycles. The van der Waals surface area contributed by atoms with Gasteiger partial charge in [0, 0.05) is 12.0 Å². The lowest BCUT2D eigenvalue weighted by Crippen LogP contribution is -2.33. The Bertz CT molecular complexity index is 487. The van der Waals surface area contributed by atoms with Crippen LogP contribution in [0.3, 0.4) is 0 Å². The Morgan fingerprint density at radius 2 is 2.11 bits per heavy atom. The Balaban J connectivity index is 2.12. The van der Waals surface area contributed by atoms with E-state index in [9.17, 15) is 9.90 Å². The van der Waals surface area contributed by atoms with E-state index in [1.54, 1.807) is 0 Å². The van der Waals surface area contributed by atoms with Crippen LogP contribution in [0.1, 0.15) is 43.7 Å². The molecule has 1 heterocycles. The standard InChI is InChI=1S/C15H18O3/c1-10-9-11-12(5-4-6-13(11)18-10)15(14(16)17)7-2-3-8-15/h4-6,10H,2-3,7-9H2,1H3,(H,16,17). The molecule has 1 saturated carbocycles. The van der Waals surface area contributed by atoms with Gasteiger partial charge in [0.05, 0.1) is 5.41 Å². The molecule has 0 spiro atoms. The summed E-state index contributed by atoms with van der Waals surface area (Å²) in [5.74, 6) is 0.209. The Kier molecular flexibility index (Phi) is 2.58. The zero-order valence-electron chi connectivity index (χ0n) is 10.6. The lowest BCUT2D eigenvalue weighted by molar-refractivity contribution is -0.143. The fraction of sp³-hybridized carbons (Fsp3) is 0.533. The first kappa shape index (κ1) is 11.6. The molecule has 0 radical (unpaired) electrons. The van der Waals surface area contributed by atoms with E-state index in [-0.39, 0.29) is 6.10 Å². The van der Waals surface area contributed by atoms with Gasteiger partial charge < -0.3 is 9.84 Å². The van der Waals surface area contributed by atoms with Gasteiger partial charge in [-0.05, 0) is 31.4 Å². The molecule has 1 aliphatic carbocycles. The molecule has 1 atom stereocenters. The van der Waals surface area contributed by atoms with Crippen LogP contribution in [-0.2, 0) is 16.6 Å². The fourth-order valence-corrected chi connectivity index (χ4v) is 3.46. The Hall–Kier alpha value is -1.51. The first-order valence-corrected chi connectivity index (χ1v) is 6.66. The third kappa shape index (κ3) is 1.53. The summed E-state index contributed by atoms with van der Waals surface area (Å²) in [5.41, 5.74) is 1.45. The Morgan fingerprint density at radius 3 is 2.78 bits per heavy atom. The predicted octanol–water partition coefficient (Wildman–Crippen LogP) is 2.91. The van der Waals surface area contributed by atoms with Crippen molar-refractivity contribution in [3.8, 4) is 5.75 Å². The zero-order chi connectivity index (χ0) is 12.8. The molecule has 0 bridgehead atoms. The summed E-state index contributed by atoms with van der Waals surface area (Å²) in [6.45, 7) is 2.03. The number of carboxylic acid groups (broad SMARTS) is 1. The van der Waals surface area contributed by atoms with E-state index in [1.807, 2.05) is 25.1 Å². The van der Waals surface area contributed by atoms with Gasteiger partial charge in [-0.25, -0.2) is 0 Å². The molecule has 3 nitrogen and oxygen atoms in total. The lowest BCUT2D eigenvalue weighted by atomic mass is 9.76. The highest BCUT2D eigenvalue weighted by Crippen LogP contribution is 2.46. The van der Waals surface area contributed by atoms with Crippen LogP contribution < -0.4 is 4.74 Å². The lowest BCUT2D eigenvalue weighted by Gasteiger charge is -2.26. The van der Waals surface area contributed by atoms with E-state index in [4.69, 9.17) is 4.74 Å². The van der Waals surface area contributed by atoms with Crippen molar-refractivity contribution in [2.24, 2.45) is 0 Å². The zero-order valence-corrected chi connectivity index (χ0v) is 10.6. The molecule has 0 amide bonds. The molecule has 3 heteroatoms. The van der Waals surface area contributed by atoms with Crippen molar-refractivity contribution < 1.29 is 14.6 Å². The van der Waals surface area contributed by atoms with Crippen LogP contribution in [0.2, 0.25) is 0 Å². The Labute approximate surface area is 107 Å². The molecule has 1 fully saturated rings. The normalized spacial score (nSPS) is 24.6. The third-order valence-electron chi connectivity index (χ3n) is 4.33. The quantitative estimate of drug-likeness (QED) is 0.872. The number of benzene rings is 1. The van der Waals surface area contributed by atoms with E-state index < -0.39 is 11.4 Å². The van der Waals surface area contributed by atoms with E-state index >= 15 is 0 Å². The first-order chi connectivity index (χ1) is 8.63. The number of carboxylic acids is 1. The number of hydrogen-bond donors (Lipinski definition) is 1. The molecular formula is C15H18O3. The number of fused-ring (bicyclic) bond motifs is 1. The van der Waals surface area contributed by atoms with Crippen LogP contribution in [-0.4, -0.2) is 17.2 Å². The monoisotopic (exact) mass is 246 g/mol. The SMILES string of the molecule is CC1Cc2c(cccc2C2(C(=O)O)CCCC2)O1. The molecular weight excluding hydrogens is 228 g/mol. The summed E-state index contributed by atoms with van der Waals surface area (Å²) in [6.07, 6.45) is 4.52. The van der Waals surface area contributed by atoms with Gasteiger partial charge in [0.15, 0.2) is 0 Å². The maximum Gasteiger partial charge on any atom is 0.314 e. The van der Waals surface area contributed by atoms with Gasteiger partial charge in [-0.3, -0.25) is 4.79 Å². The van der Waals surface area contributed by atoms with Gasteiger partial charge in [0.25, 0.3) is 0 Å². The summed E-state index contributed by atoms with van der Waals surface area (Å²) in [5, 5.41) is 9.67. The van der Waals surface area contributed by atoms with Crippen molar-refractivity contribution in [1.29, 1.82) is 0 Å². The maximum atomic E-state index is 11.8. The third-order valence-corrected chi connectivity index (χ3v) is 4.33. The second-order valence-corrected chi connectivity index (χ2v) is 5.51. The number of ether oxygens (including phenoxy) is 1. The minimum atomic E-state index is -0.673. The van der Waals surface area contributed by atoms with Gasteiger partial charge in [-0.15, -0.1) is 0 Å². The van der Waals surface area contributed by atoms with E-state index in [0.717, 1.165) is 49.0 Å². The molecule has 0 aromatic heterocycles. The Morgan fingerprint density at radius 1 is 1.39 bits per heavy atom. The molecule has 2 aliphatic rings. The van der Waals surface area contributed by atoms with Crippen LogP contribution in [0.15, 0.2) is 18.2 Å². The van der Waals surface area contributed by atoms with Crippen LogP contribution >= 0.6 is 0 Å². The second kappa shape index (κ2) is 4.01. The van der Waals surface area contributed by atoms with Gasteiger partial charge in [-0.1, -0.05) is 25.0 Å². The van der Waals surface area contributed by atoms with Crippen molar-refractivity contribution in [2.45, 2.75) is 50.5 Å². The minimum absolute atomic E-state index is 0.161. The van der Waals surface area contributed by atoms with Crippen LogP contribution in [0.4, 0.5) is 0 Å². The highest BCUT2D eigenvalue weighted by Gasteiger charge is 2.45. The van der Waals surface area contributed by atoms with Crippen molar-refractivity contribution in [3.63, 3.8) is 0 Å². The summed E-state index contributed by atoms with van der Waals surface area (Å²) >= 11 is 0. The number of carbonyl (C=O) groups is 1. The molecule has 96 valence electrons. The summed E-state index contributed by atoms with van der Waals surface area (Å²) in [4.78, 5) is 11.8.